The van der Waals surface area contributed by atoms with E-state index in [2.05, 4.69) is 35.3 Å². The number of nitrogens with two attached hydrogens (primary N) is 1. The molecule has 2 N–H and O–H groups in total. The Labute approximate surface area is 128 Å². The molecule has 1 fully saturated rings. The van der Waals surface area contributed by atoms with Gasteiger partial charge in [0.2, 0.25) is 0 Å². The zero-order chi connectivity index (χ0) is 14.2. The third-order valence-corrected chi connectivity index (χ3v) is 5.70. The Morgan fingerprint density at radius 3 is 2.70 bits per heavy atom. The number of aromatic nitrogens is 1. The standard InChI is InChI=1S/C15H19N3S2/c1-15(2)10-18(8-9-19-15)14-12(13(16)17-20-14)11-6-4-3-5-7-11/h3-7H,8-10H2,1-2H3,(H2,16,17). The SMILES string of the molecule is CC1(C)CN(c2snc(N)c2-c2ccccc2)CCS1. The highest BCUT2D eigenvalue weighted by atomic mass is 32.2. The van der Waals surface area contributed by atoms with Gasteiger partial charge in [-0.15, -0.1) is 0 Å². The minimum atomic E-state index is 0.283. The average molecular weight is 305 g/mol. The smallest absolute Gasteiger partial charge is 0.147 e. The van der Waals surface area contributed by atoms with Gasteiger partial charge >= 0.3 is 0 Å². The van der Waals surface area contributed by atoms with Gasteiger partial charge in [0.25, 0.3) is 0 Å². The van der Waals surface area contributed by atoms with E-state index in [1.165, 1.54) is 16.5 Å². The van der Waals surface area contributed by atoms with Gasteiger partial charge in [0.05, 0.1) is 5.56 Å². The maximum absolute atomic E-state index is 6.12. The van der Waals surface area contributed by atoms with Crippen LogP contribution < -0.4 is 10.6 Å². The van der Waals surface area contributed by atoms with Gasteiger partial charge in [-0.2, -0.15) is 16.1 Å². The third kappa shape index (κ3) is 2.65. The Morgan fingerprint density at radius 2 is 2.00 bits per heavy atom. The number of nitrogens with zero attached hydrogens (tertiary/aromatic N) is 2. The van der Waals surface area contributed by atoms with E-state index in [0.29, 0.717) is 5.82 Å². The zero-order valence-electron chi connectivity index (χ0n) is 11.8. The Bertz CT molecular complexity index is 592. The second-order valence-corrected chi connectivity index (χ2v) is 8.20. The highest BCUT2D eigenvalue weighted by Gasteiger charge is 2.30. The van der Waals surface area contributed by atoms with Crippen molar-refractivity contribution in [3.05, 3.63) is 30.3 Å². The van der Waals surface area contributed by atoms with Gasteiger partial charge in [0.15, 0.2) is 0 Å². The number of rotatable bonds is 2. The molecular weight excluding hydrogens is 286 g/mol. The van der Waals surface area contributed by atoms with Crippen molar-refractivity contribution in [2.75, 3.05) is 29.5 Å². The highest BCUT2D eigenvalue weighted by molar-refractivity contribution is 8.00. The van der Waals surface area contributed by atoms with E-state index in [4.69, 9.17) is 5.73 Å². The first-order chi connectivity index (χ1) is 9.57. The van der Waals surface area contributed by atoms with E-state index in [9.17, 15) is 0 Å². The van der Waals surface area contributed by atoms with Crippen LogP contribution in [0.2, 0.25) is 0 Å². The van der Waals surface area contributed by atoms with Gasteiger partial charge in [-0.3, -0.25) is 0 Å². The highest BCUT2D eigenvalue weighted by Crippen LogP contribution is 2.42. The fourth-order valence-corrected chi connectivity index (χ4v) is 4.55. The monoisotopic (exact) mass is 305 g/mol. The summed E-state index contributed by atoms with van der Waals surface area (Å²) in [6, 6.07) is 10.3. The van der Waals surface area contributed by atoms with Crippen LogP contribution in [0.1, 0.15) is 13.8 Å². The molecule has 3 nitrogen and oxygen atoms in total. The van der Waals surface area contributed by atoms with Crippen molar-refractivity contribution in [1.82, 2.24) is 4.37 Å². The van der Waals surface area contributed by atoms with Crippen LogP contribution in [0, 0.1) is 0 Å². The lowest BCUT2D eigenvalue weighted by molar-refractivity contribution is 0.651. The summed E-state index contributed by atoms with van der Waals surface area (Å²) in [6.07, 6.45) is 0. The maximum Gasteiger partial charge on any atom is 0.147 e. The quantitative estimate of drug-likeness (QED) is 0.918. The number of thioether (sulfide) groups is 1. The average Bonchev–Trinajstić information content (AvgIpc) is 2.80. The summed E-state index contributed by atoms with van der Waals surface area (Å²) in [4.78, 5) is 2.44. The molecule has 3 rings (SSSR count). The molecule has 1 aromatic heterocycles. The van der Waals surface area contributed by atoms with Crippen molar-refractivity contribution < 1.29 is 0 Å². The molecule has 0 radical (unpaired) electrons. The summed E-state index contributed by atoms with van der Waals surface area (Å²) in [7, 11) is 0. The molecular formula is C15H19N3S2. The lowest BCUT2D eigenvalue weighted by atomic mass is 10.1. The molecule has 0 spiro atoms. The first-order valence-corrected chi connectivity index (χ1v) is 8.52. The molecule has 0 atom stereocenters. The topological polar surface area (TPSA) is 42.2 Å². The van der Waals surface area contributed by atoms with Crippen molar-refractivity contribution in [3.8, 4) is 11.1 Å². The molecule has 0 bridgehead atoms. The largest absolute Gasteiger partial charge is 0.382 e. The van der Waals surface area contributed by atoms with Gasteiger partial charge in [-0.1, -0.05) is 30.3 Å². The summed E-state index contributed by atoms with van der Waals surface area (Å²) in [5.74, 6) is 1.80. The van der Waals surface area contributed by atoms with E-state index >= 15 is 0 Å². The second kappa shape index (κ2) is 5.30. The van der Waals surface area contributed by atoms with E-state index < -0.39 is 0 Å². The lowest BCUT2D eigenvalue weighted by Gasteiger charge is -2.38. The Morgan fingerprint density at radius 1 is 1.25 bits per heavy atom. The van der Waals surface area contributed by atoms with Crippen molar-refractivity contribution in [1.29, 1.82) is 0 Å². The molecule has 2 heterocycles. The summed E-state index contributed by atoms with van der Waals surface area (Å²) in [5.41, 5.74) is 8.37. The fraction of sp³-hybridized carbons (Fsp3) is 0.400. The van der Waals surface area contributed by atoms with E-state index in [1.807, 2.05) is 30.0 Å². The molecule has 5 heteroatoms. The van der Waals surface area contributed by atoms with Gasteiger partial charge in [-0.25, -0.2) is 0 Å². The molecule has 1 aliphatic heterocycles. The van der Waals surface area contributed by atoms with Crippen LogP contribution in [0.3, 0.4) is 0 Å². The predicted octanol–water partition coefficient (Wildman–Crippen LogP) is 3.72. The third-order valence-electron chi connectivity index (χ3n) is 3.48. The molecule has 1 aromatic carbocycles. The van der Waals surface area contributed by atoms with Crippen molar-refractivity contribution >= 4 is 34.1 Å². The van der Waals surface area contributed by atoms with E-state index in [-0.39, 0.29) is 4.75 Å². The van der Waals surface area contributed by atoms with Crippen LogP contribution in [0.15, 0.2) is 30.3 Å². The predicted molar refractivity (Wildman–Crippen MR) is 90.7 cm³/mol. The summed E-state index contributed by atoms with van der Waals surface area (Å²) in [6.45, 7) is 6.71. The molecule has 0 aliphatic carbocycles. The molecule has 1 saturated heterocycles. The van der Waals surface area contributed by atoms with Crippen LogP contribution in [-0.2, 0) is 0 Å². The fourth-order valence-electron chi connectivity index (χ4n) is 2.58. The summed E-state index contributed by atoms with van der Waals surface area (Å²) >= 11 is 3.56. The number of anilines is 2. The summed E-state index contributed by atoms with van der Waals surface area (Å²) < 4.78 is 4.67. The lowest BCUT2D eigenvalue weighted by Crippen LogP contribution is -2.43. The second-order valence-electron chi connectivity index (χ2n) is 5.64. The van der Waals surface area contributed by atoms with E-state index in [1.54, 1.807) is 0 Å². The van der Waals surface area contributed by atoms with Crippen LogP contribution in [0.4, 0.5) is 10.8 Å². The zero-order valence-corrected chi connectivity index (χ0v) is 13.4. The molecule has 20 heavy (non-hydrogen) atoms. The molecule has 1 aliphatic rings. The number of nitrogen functional groups attached to an aromatic ring is 1. The van der Waals surface area contributed by atoms with Gasteiger partial charge in [0.1, 0.15) is 10.8 Å². The Balaban J connectivity index is 1.99. The van der Waals surface area contributed by atoms with Gasteiger partial charge in [-0.05, 0) is 30.9 Å². The minimum Gasteiger partial charge on any atom is -0.382 e. The molecule has 0 amide bonds. The first kappa shape index (κ1) is 13.8. The molecule has 106 valence electrons. The number of hydrogen-bond acceptors (Lipinski definition) is 5. The maximum atomic E-state index is 6.12. The number of hydrogen-bond donors (Lipinski definition) is 1. The van der Waals surface area contributed by atoms with Gasteiger partial charge in [0, 0.05) is 23.6 Å². The Hall–Kier alpha value is -1.20. The van der Waals surface area contributed by atoms with Crippen molar-refractivity contribution in [2.24, 2.45) is 0 Å². The summed E-state index contributed by atoms with van der Waals surface area (Å²) in [5, 5.41) is 1.21. The van der Waals surface area contributed by atoms with Crippen molar-refractivity contribution in [3.63, 3.8) is 0 Å². The molecule has 0 unspecified atom stereocenters. The minimum absolute atomic E-state index is 0.283. The number of benzene rings is 1. The molecule has 0 saturated carbocycles. The van der Waals surface area contributed by atoms with Gasteiger partial charge < -0.3 is 10.6 Å². The first-order valence-electron chi connectivity index (χ1n) is 6.76. The molecule has 2 aromatic rings. The van der Waals surface area contributed by atoms with Crippen LogP contribution >= 0.6 is 23.3 Å². The normalized spacial score (nSPS) is 18.2. The van der Waals surface area contributed by atoms with Crippen LogP contribution in [-0.4, -0.2) is 28.0 Å². The van der Waals surface area contributed by atoms with E-state index in [0.717, 1.165) is 30.0 Å². The van der Waals surface area contributed by atoms with Crippen molar-refractivity contribution in [2.45, 2.75) is 18.6 Å². The van der Waals surface area contributed by atoms with Crippen LogP contribution in [0.25, 0.3) is 11.1 Å². The van der Waals surface area contributed by atoms with Crippen LogP contribution in [0.5, 0.6) is 0 Å². The Kier molecular flexibility index (Phi) is 3.65.